The van der Waals surface area contributed by atoms with Crippen molar-refractivity contribution in [1.82, 2.24) is 9.21 Å². The summed E-state index contributed by atoms with van der Waals surface area (Å²) < 4.78 is 26.9. The fraction of sp³-hybridized carbons (Fsp3) is 0.278. The second-order valence-electron chi connectivity index (χ2n) is 5.80. The zero-order valence-electron chi connectivity index (χ0n) is 13.6. The summed E-state index contributed by atoms with van der Waals surface area (Å²) in [4.78, 5) is 13.3. The molecule has 0 aromatic heterocycles. The van der Waals surface area contributed by atoms with Crippen LogP contribution in [0.2, 0.25) is 0 Å². The summed E-state index contributed by atoms with van der Waals surface area (Å²) in [6.45, 7) is 3.06. The molecule has 2 aromatic carbocycles. The van der Waals surface area contributed by atoms with Gasteiger partial charge in [0.25, 0.3) is 0 Å². The van der Waals surface area contributed by atoms with Gasteiger partial charge in [-0.2, -0.15) is 4.31 Å². The maximum absolute atomic E-state index is 12.7. The van der Waals surface area contributed by atoms with Crippen molar-refractivity contribution in [3.05, 3.63) is 54.6 Å². The summed E-state index contributed by atoms with van der Waals surface area (Å²) in [6, 6.07) is 16.8. The number of nitrogens with zero attached hydrogens (tertiary/aromatic N) is 2. The second kappa shape index (κ2) is 6.75. The third kappa shape index (κ3) is 3.34. The van der Waals surface area contributed by atoms with E-state index in [-0.39, 0.29) is 5.91 Å². The number of hydrogen-bond donors (Lipinski definition) is 0. The van der Waals surface area contributed by atoms with Gasteiger partial charge in [-0.3, -0.25) is 4.79 Å². The molecule has 6 heteroatoms. The van der Waals surface area contributed by atoms with Crippen molar-refractivity contribution in [2.45, 2.75) is 11.8 Å². The van der Waals surface area contributed by atoms with E-state index < -0.39 is 10.0 Å². The van der Waals surface area contributed by atoms with Crippen LogP contribution in [0.25, 0.3) is 11.1 Å². The minimum absolute atomic E-state index is 0.0146. The lowest BCUT2D eigenvalue weighted by molar-refractivity contribution is -0.129. The number of carbonyl (C=O) groups is 1. The predicted molar refractivity (Wildman–Crippen MR) is 92.9 cm³/mol. The van der Waals surface area contributed by atoms with Crippen molar-refractivity contribution >= 4 is 15.9 Å². The number of carbonyl (C=O) groups excluding carboxylic acids is 1. The van der Waals surface area contributed by atoms with E-state index in [0.29, 0.717) is 31.1 Å². The number of rotatable bonds is 3. The van der Waals surface area contributed by atoms with Crippen LogP contribution in [0.4, 0.5) is 0 Å². The molecule has 0 radical (unpaired) electrons. The smallest absolute Gasteiger partial charge is 0.243 e. The highest BCUT2D eigenvalue weighted by Crippen LogP contribution is 2.23. The average molecular weight is 344 g/mol. The van der Waals surface area contributed by atoms with Gasteiger partial charge in [-0.25, -0.2) is 8.42 Å². The zero-order valence-corrected chi connectivity index (χ0v) is 14.4. The largest absolute Gasteiger partial charge is 0.340 e. The Morgan fingerprint density at radius 1 is 0.833 bits per heavy atom. The van der Waals surface area contributed by atoms with E-state index in [1.54, 1.807) is 17.0 Å². The number of piperazine rings is 1. The van der Waals surface area contributed by atoms with Crippen molar-refractivity contribution in [3.8, 4) is 11.1 Å². The van der Waals surface area contributed by atoms with E-state index in [2.05, 4.69) is 0 Å². The highest BCUT2D eigenvalue weighted by molar-refractivity contribution is 7.89. The Labute approximate surface area is 142 Å². The van der Waals surface area contributed by atoms with Crippen LogP contribution in [0, 0.1) is 0 Å². The van der Waals surface area contributed by atoms with E-state index in [9.17, 15) is 13.2 Å². The first-order chi connectivity index (χ1) is 11.5. The molecule has 3 rings (SSSR count). The molecule has 0 aliphatic carbocycles. The van der Waals surface area contributed by atoms with Gasteiger partial charge in [-0.1, -0.05) is 42.5 Å². The second-order valence-corrected chi connectivity index (χ2v) is 7.74. The minimum Gasteiger partial charge on any atom is -0.340 e. The van der Waals surface area contributed by atoms with Crippen LogP contribution < -0.4 is 0 Å². The quantitative estimate of drug-likeness (QED) is 0.858. The molecule has 0 unspecified atom stereocenters. The van der Waals surface area contributed by atoms with E-state index in [0.717, 1.165) is 11.1 Å². The van der Waals surface area contributed by atoms with Crippen LogP contribution in [0.15, 0.2) is 59.5 Å². The first-order valence-corrected chi connectivity index (χ1v) is 9.33. The monoisotopic (exact) mass is 344 g/mol. The molecule has 5 nitrogen and oxygen atoms in total. The maximum Gasteiger partial charge on any atom is 0.243 e. The molecule has 1 aliphatic rings. The summed E-state index contributed by atoms with van der Waals surface area (Å²) in [5.74, 6) is -0.0146. The summed E-state index contributed by atoms with van der Waals surface area (Å²) >= 11 is 0. The normalized spacial score (nSPS) is 16.1. The Hall–Kier alpha value is -2.18. The van der Waals surface area contributed by atoms with Gasteiger partial charge < -0.3 is 4.90 Å². The Balaban J connectivity index is 1.77. The number of sulfonamides is 1. The number of amides is 1. The highest BCUT2D eigenvalue weighted by Gasteiger charge is 2.29. The SMILES string of the molecule is CC(=O)N1CCN(S(=O)(=O)c2ccc(-c3ccccc3)cc2)CC1. The predicted octanol–water partition coefficient (Wildman–Crippen LogP) is 2.21. The van der Waals surface area contributed by atoms with Crippen LogP contribution in [-0.4, -0.2) is 49.7 Å². The molecule has 24 heavy (non-hydrogen) atoms. The fourth-order valence-corrected chi connectivity index (χ4v) is 4.26. The summed E-state index contributed by atoms with van der Waals surface area (Å²) in [6.07, 6.45) is 0. The molecule has 1 heterocycles. The molecule has 2 aromatic rings. The molecule has 1 fully saturated rings. The van der Waals surface area contributed by atoms with E-state index in [4.69, 9.17) is 0 Å². The molecular weight excluding hydrogens is 324 g/mol. The summed E-state index contributed by atoms with van der Waals surface area (Å²) in [5.41, 5.74) is 2.03. The molecule has 0 atom stereocenters. The van der Waals surface area contributed by atoms with Gasteiger partial charge in [0.1, 0.15) is 0 Å². The van der Waals surface area contributed by atoms with Gasteiger partial charge in [0.05, 0.1) is 4.90 Å². The first-order valence-electron chi connectivity index (χ1n) is 7.89. The molecule has 0 N–H and O–H groups in total. The van der Waals surface area contributed by atoms with Gasteiger partial charge in [0, 0.05) is 33.1 Å². The first kappa shape index (κ1) is 16.7. The topological polar surface area (TPSA) is 57.7 Å². The van der Waals surface area contributed by atoms with Gasteiger partial charge in [-0.15, -0.1) is 0 Å². The highest BCUT2D eigenvalue weighted by atomic mass is 32.2. The number of benzene rings is 2. The van der Waals surface area contributed by atoms with Gasteiger partial charge in [0.15, 0.2) is 0 Å². The average Bonchev–Trinajstić information content (AvgIpc) is 2.62. The molecule has 0 bridgehead atoms. The third-order valence-electron chi connectivity index (χ3n) is 4.28. The Bertz CT molecular complexity index is 809. The lowest BCUT2D eigenvalue weighted by atomic mass is 10.1. The Kier molecular flexibility index (Phi) is 4.69. The van der Waals surface area contributed by atoms with Crippen molar-refractivity contribution in [2.75, 3.05) is 26.2 Å². The summed E-state index contributed by atoms with van der Waals surface area (Å²) in [7, 11) is -3.51. The maximum atomic E-state index is 12.7. The van der Waals surface area contributed by atoms with Crippen LogP contribution in [0.3, 0.4) is 0 Å². The van der Waals surface area contributed by atoms with E-state index in [1.165, 1.54) is 11.2 Å². The van der Waals surface area contributed by atoms with Crippen molar-refractivity contribution in [2.24, 2.45) is 0 Å². The Morgan fingerprint density at radius 2 is 1.38 bits per heavy atom. The summed E-state index contributed by atoms with van der Waals surface area (Å²) in [5, 5.41) is 0. The van der Waals surface area contributed by atoms with E-state index >= 15 is 0 Å². The van der Waals surface area contributed by atoms with Crippen molar-refractivity contribution < 1.29 is 13.2 Å². The van der Waals surface area contributed by atoms with Gasteiger partial charge in [-0.05, 0) is 23.3 Å². The minimum atomic E-state index is -3.51. The van der Waals surface area contributed by atoms with Crippen LogP contribution in [-0.2, 0) is 14.8 Å². The van der Waals surface area contributed by atoms with Crippen LogP contribution >= 0.6 is 0 Å². The number of hydrogen-bond acceptors (Lipinski definition) is 3. The van der Waals surface area contributed by atoms with Gasteiger partial charge >= 0.3 is 0 Å². The van der Waals surface area contributed by atoms with Crippen molar-refractivity contribution in [3.63, 3.8) is 0 Å². The molecular formula is C18H20N2O3S. The Morgan fingerprint density at radius 3 is 1.92 bits per heavy atom. The standard InChI is InChI=1S/C18H20N2O3S/c1-15(21)19-11-13-20(14-12-19)24(22,23)18-9-7-17(8-10-18)16-5-3-2-4-6-16/h2-10H,11-14H2,1H3. The lowest BCUT2D eigenvalue weighted by Crippen LogP contribution is -2.49. The molecule has 1 amide bonds. The molecule has 1 aliphatic heterocycles. The third-order valence-corrected chi connectivity index (χ3v) is 6.20. The molecule has 0 saturated carbocycles. The molecule has 126 valence electrons. The van der Waals surface area contributed by atoms with Crippen molar-refractivity contribution in [1.29, 1.82) is 0 Å². The lowest BCUT2D eigenvalue weighted by Gasteiger charge is -2.33. The van der Waals surface area contributed by atoms with Gasteiger partial charge in [0.2, 0.25) is 15.9 Å². The van der Waals surface area contributed by atoms with Crippen LogP contribution in [0.1, 0.15) is 6.92 Å². The molecule has 0 spiro atoms. The molecule has 1 saturated heterocycles. The zero-order chi connectivity index (χ0) is 17.2. The van der Waals surface area contributed by atoms with Crippen LogP contribution in [0.5, 0.6) is 0 Å². The van der Waals surface area contributed by atoms with E-state index in [1.807, 2.05) is 42.5 Å². The fourth-order valence-electron chi connectivity index (χ4n) is 2.84.